The number of rotatable bonds is 8. The third-order valence-electron chi connectivity index (χ3n) is 33.5. The van der Waals surface area contributed by atoms with E-state index in [1.54, 1.807) is 39.3 Å². The topological polar surface area (TPSA) is 411 Å². The number of nitro groups is 1. The Morgan fingerprint density at radius 2 is 0.574 bits per heavy atom. The lowest BCUT2D eigenvalue weighted by Gasteiger charge is -2.41. The van der Waals surface area contributed by atoms with Gasteiger partial charge in [0, 0.05) is 126 Å². The van der Waals surface area contributed by atoms with Crippen LogP contribution in [0.3, 0.4) is 0 Å². The van der Waals surface area contributed by atoms with Gasteiger partial charge in [-0.15, -0.1) is 0 Å². The number of nitro benzene ring substituents is 1. The highest BCUT2D eigenvalue weighted by atomic mass is 19.1. The lowest BCUT2D eigenvalue weighted by Crippen LogP contribution is -2.36. The first-order chi connectivity index (χ1) is 70.6. The van der Waals surface area contributed by atoms with E-state index < -0.39 is 17.3 Å². The fourth-order valence-corrected chi connectivity index (χ4v) is 25.6. The molecule has 774 valence electrons. The number of nitrogen functional groups attached to an aromatic ring is 1. The fourth-order valence-electron chi connectivity index (χ4n) is 25.6. The van der Waals surface area contributed by atoms with Gasteiger partial charge in [0.1, 0.15) is 41.2 Å². The summed E-state index contributed by atoms with van der Waals surface area (Å²) in [5.74, 6) is 3.17. The number of nitrogens with two attached hydrogens (primary N) is 1. The summed E-state index contributed by atoms with van der Waals surface area (Å²) in [4.78, 5) is 28.3. The predicted octanol–water partition coefficient (Wildman–Crippen LogP) is 19.5. The molecule has 0 amide bonds. The molecule has 30 nitrogen and oxygen atoms in total. The Morgan fingerprint density at radius 1 is 0.331 bits per heavy atom. The van der Waals surface area contributed by atoms with Crippen molar-refractivity contribution in [2.75, 3.05) is 130 Å². The Labute approximate surface area is 859 Å². The van der Waals surface area contributed by atoms with E-state index in [1.807, 2.05) is 103 Å². The molecule has 31 heteroatoms. The van der Waals surface area contributed by atoms with Crippen molar-refractivity contribution in [2.45, 2.75) is 168 Å². The Bertz CT molecular complexity index is 7300. The highest BCUT2D eigenvalue weighted by Crippen LogP contribution is 2.65. The van der Waals surface area contributed by atoms with Crippen molar-refractivity contribution in [1.82, 2.24) is 29.4 Å². The molecule has 6 aliphatic carbocycles. The van der Waals surface area contributed by atoms with Crippen LogP contribution in [-0.4, -0.2) is 225 Å². The lowest BCUT2D eigenvalue weighted by atomic mass is 9.74. The molecule has 0 radical (unpaired) electrons. The summed E-state index contributed by atoms with van der Waals surface area (Å²) in [6.45, 7) is 24.9. The second-order valence-electron chi connectivity index (χ2n) is 41.4. The van der Waals surface area contributed by atoms with Crippen LogP contribution < -0.4 is 34.2 Å². The summed E-state index contributed by atoms with van der Waals surface area (Å²) in [5.41, 5.74) is 41.9. The first-order valence-corrected chi connectivity index (χ1v) is 50.0. The molecule has 6 heterocycles. The number of ether oxygens (including phenoxy) is 6. The number of aryl methyl sites for hydroxylation is 6. The van der Waals surface area contributed by atoms with Crippen LogP contribution in [0.4, 0.5) is 21.5 Å². The number of anilines is 1. The molecule has 6 atom stereocenters. The number of nitrogens with zero attached hydrogens (tertiary/aromatic N) is 8. The molecular weight excluding hydrogens is 1890 g/mol. The van der Waals surface area contributed by atoms with Gasteiger partial charge in [0.15, 0.2) is 63.2 Å². The summed E-state index contributed by atoms with van der Waals surface area (Å²) in [7, 11) is 21.5. The maximum absolute atomic E-state index is 13.7. The molecule has 6 aliphatic heterocycles. The third kappa shape index (κ3) is 16.1. The van der Waals surface area contributed by atoms with Crippen molar-refractivity contribution >= 4 is 17.1 Å². The summed E-state index contributed by atoms with van der Waals surface area (Å²) < 4.78 is 46.9. The monoisotopic (exact) mass is 2010 g/mol. The van der Waals surface area contributed by atoms with Gasteiger partial charge in [-0.25, -0.2) is 9.24 Å². The minimum atomic E-state index is -0.706. The number of fused-ring (bicyclic) bond motifs is 12. The molecule has 0 saturated heterocycles. The number of benzene rings is 12. The lowest BCUT2D eigenvalue weighted by molar-refractivity contribution is -0.386. The zero-order valence-corrected chi connectivity index (χ0v) is 86.9. The van der Waals surface area contributed by atoms with E-state index in [1.165, 1.54) is 39.6 Å². The van der Waals surface area contributed by atoms with Crippen LogP contribution in [0.5, 0.6) is 109 Å². The molecule has 12 aromatic carbocycles. The van der Waals surface area contributed by atoms with E-state index in [2.05, 4.69) is 69.5 Å². The third-order valence-corrected chi connectivity index (χ3v) is 33.5. The minimum absolute atomic E-state index is 0.0214. The summed E-state index contributed by atoms with van der Waals surface area (Å²) in [6, 6.07) is 23.2. The quantitative estimate of drug-likeness (QED) is 0.0221. The van der Waals surface area contributed by atoms with E-state index >= 15 is 0 Å². The van der Waals surface area contributed by atoms with Crippen LogP contribution >= 0.6 is 0 Å². The van der Waals surface area contributed by atoms with Crippen LogP contribution in [0.15, 0.2) is 72.8 Å². The second-order valence-corrected chi connectivity index (χ2v) is 41.4. The molecular formula is C117H128FN9O21. The summed E-state index contributed by atoms with van der Waals surface area (Å²) in [5, 5.41) is 147. The fraction of sp³-hybridized carbons (Fsp3) is 0.376. The van der Waals surface area contributed by atoms with Crippen LogP contribution in [0, 0.1) is 65.2 Å². The average molecular weight is 2020 g/mol. The zero-order valence-electron chi connectivity index (χ0n) is 86.9. The average Bonchev–Trinajstić information content (AvgIpc) is 0.764. The summed E-state index contributed by atoms with van der Waals surface area (Å²) in [6.07, 6.45) is 8.97. The predicted molar refractivity (Wildman–Crippen MR) is 564 cm³/mol. The number of likely N-dealkylation sites (N-methyl/N-ethyl adjacent to an activating group) is 6. The van der Waals surface area contributed by atoms with E-state index in [4.69, 9.17) is 40.7 Å². The van der Waals surface area contributed by atoms with E-state index in [9.17, 15) is 80.9 Å². The van der Waals surface area contributed by atoms with Gasteiger partial charge in [-0.1, -0.05) is 0 Å². The highest BCUT2D eigenvalue weighted by molar-refractivity contribution is 5.94. The van der Waals surface area contributed by atoms with Crippen molar-refractivity contribution in [1.29, 1.82) is 0 Å². The van der Waals surface area contributed by atoms with E-state index in [0.29, 0.717) is 106 Å². The smallest absolute Gasteiger partial charge is 0.318 e. The van der Waals surface area contributed by atoms with Crippen LogP contribution in [0.25, 0.3) is 71.6 Å². The Balaban J connectivity index is 0.000000112. The van der Waals surface area contributed by atoms with Gasteiger partial charge < -0.3 is 101 Å². The number of halogens is 1. The maximum atomic E-state index is 13.7. The van der Waals surface area contributed by atoms with Gasteiger partial charge in [-0.2, -0.15) is 0 Å². The Morgan fingerprint density at radius 3 is 0.892 bits per heavy atom. The maximum Gasteiger partial charge on any atom is 0.318 e. The number of methoxy groups -OCH3 is 6. The standard InChI is InChI=1S/C20H22FNO3.C20H20N2O3.C20H23NO3.C19H20N2O5.C19H22N2O3.C19H21NO4/c1-10-6-13-11(8-16(10)23)7-15-17-12(4-5-22(15)2)14(9-21)19(24)20(25-3)18(13)17;1-10-7-13-11(9-15(10)23)8-14-16-12(5-6-22(14)3)18(21-2)19(24)20(25-4)17(13)16;1-10-7-14-12(9-16(10)22)8-15-17-13(5-6-21(15)3)11(2)19(23)20(24-4)18(14)17;1-9-6-12-10(8-14(9)22)7-13-15-11(4-5-20(13)2)17(21(24)25)18(23)19(26-3)16(12)15;1-9-6-12-10(8-14(9)22)7-13-15-11(4-5-21(13)2)17(20)18(23)19(24-3)16(12)15;1-9-6-12-10(8-14(9)21)7-13-15-11(4-5-20(13)2)17(22)18(23)19(24-3)16(12)15/h6,8,15,23-24H,4-5,7,9H2,1-3H3;7,9,14,23-24H,5-6,8H2,1,3-4H3;7,9,15,22-23H,5-6,8H2,1-4H3;6,8,13,22-23H,4-5,7H2,1-3H3;6,8,13,22-23H,4-5,7,20H2,1-3H3;6,8,13,21-23H,4-5,7H2,1-3H3. The van der Waals surface area contributed by atoms with Crippen LogP contribution in [0.1, 0.15) is 181 Å². The molecule has 6 unspecified atom stereocenters. The number of aromatic hydroxyl groups is 13. The number of phenolic OH excluding ortho intramolecular Hbond substituents is 13. The molecule has 0 aromatic heterocycles. The molecule has 15 N–H and O–H groups in total. The second kappa shape index (κ2) is 38.8. The molecule has 0 saturated carbocycles. The van der Waals surface area contributed by atoms with Crippen molar-refractivity contribution in [3.05, 3.63) is 239 Å². The van der Waals surface area contributed by atoms with Gasteiger partial charge in [0.25, 0.3) is 0 Å². The molecule has 0 spiro atoms. The first-order valence-electron chi connectivity index (χ1n) is 50.0. The van der Waals surface area contributed by atoms with Crippen LogP contribution in [-0.2, 0) is 83.7 Å². The summed E-state index contributed by atoms with van der Waals surface area (Å²) >= 11 is 0. The Kier molecular flexibility index (Phi) is 26.7. The van der Waals surface area contributed by atoms with Crippen LogP contribution in [0.2, 0.25) is 0 Å². The minimum Gasteiger partial charge on any atom is -0.516 e. The number of hydrogen-bond donors (Lipinski definition) is 14. The van der Waals surface area contributed by atoms with Crippen molar-refractivity contribution in [3.63, 3.8) is 0 Å². The molecule has 12 aromatic rings. The van der Waals surface area contributed by atoms with E-state index in [0.717, 1.165) is 262 Å². The highest BCUT2D eigenvalue weighted by Gasteiger charge is 2.48. The number of phenols is 13. The molecule has 24 rings (SSSR count). The van der Waals surface area contributed by atoms with Gasteiger partial charge >= 0.3 is 5.69 Å². The molecule has 0 fully saturated rings. The van der Waals surface area contributed by atoms with Gasteiger partial charge in [-0.05, 0) is 402 Å². The van der Waals surface area contributed by atoms with Crippen molar-refractivity contribution < 1.29 is 104 Å². The normalized spacial score (nSPS) is 18.6. The van der Waals surface area contributed by atoms with Crippen molar-refractivity contribution in [3.8, 4) is 176 Å². The first kappa shape index (κ1) is 102. The SMILES string of the molecule is COc1c(O)c(C)c2c3c1-c1cc(C)c(O)cc1CC3N(C)CC2.COc1c(O)c(CF)c2c3c1-c1cc(C)c(O)cc1CC3N(C)CC2.COc1c(O)c(N)c2c3c1-c1cc(C)c(O)cc1CC3N(C)CC2.COc1c(O)c(O)c2c3c1-c1cc(C)c(O)cc1CC3N(C)CC2.COc1c(O)c([N+](=O)[O-])c2c3c1-c1cc(C)c(O)cc1CC3N(C)CC2.[C-]#[N+]c1c(O)c(OC)c2c3c1CCN(C)C3Cc1cc(O)c(C)cc1-2. The van der Waals surface area contributed by atoms with Gasteiger partial charge in [0.2, 0.25) is 17.2 Å². The number of hydrogen-bond acceptors (Lipinski definition) is 28. The largest absolute Gasteiger partial charge is 0.516 e. The zero-order chi connectivity index (χ0) is 106. The Hall–Kier alpha value is -14.8. The number of alkyl halides is 1. The molecule has 12 aliphatic rings. The van der Waals surface area contributed by atoms with Crippen molar-refractivity contribution in [2.24, 2.45) is 0 Å². The van der Waals surface area contributed by atoms with Gasteiger partial charge in [-0.3, -0.25) is 39.5 Å². The van der Waals surface area contributed by atoms with Gasteiger partial charge in [0.05, 0.1) is 59.8 Å². The van der Waals surface area contributed by atoms with E-state index in [-0.39, 0.29) is 105 Å². The molecule has 148 heavy (non-hydrogen) atoms. The molecule has 0 bridgehead atoms.